The number of rotatable bonds is 41. The fourth-order valence-electron chi connectivity index (χ4n) is 5.72. The topological polar surface area (TPSA) is 131 Å². The van der Waals surface area contributed by atoms with Crippen LogP contribution in [0.15, 0.2) is 97.2 Å². The molecule has 0 radical (unpaired) electrons. The maximum atomic E-state index is 12.7. The summed E-state index contributed by atoms with van der Waals surface area (Å²) < 4.78 is 33.8. The molecule has 0 fully saturated rings. The summed E-state index contributed by atoms with van der Waals surface area (Å²) in [7, 11) is 1.08. The van der Waals surface area contributed by atoms with Crippen LogP contribution in [0.2, 0.25) is 0 Å². The monoisotopic (exact) mass is 888 g/mol. The van der Waals surface area contributed by atoms with E-state index >= 15 is 0 Å². The van der Waals surface area contributed by atoms with Crippen LogP contribution in [0.5, 0.6) is 0 Å². The van der Waals surface area contributed by atoms with E-state index in [1.165, 1.54) is 32.1 Å². The number of quaternary nitrogens is 1. The number of allylic oxidation sites excluding steroid dienone is 14. The molecule has 11 heteroatoms. The van der Waals surface area contributed by atoms with Crippen LogP contribution in [-0.2, 0) is 32.7 Å². The standard InChI is InChI=1S/C51H86NO9P/c1-6-8-10-11-12-13-14-15-16-17-18-19-20-21-22-26-29-32-35-38-42-50(54)58-46-49(47-60-62(56,57)59-45-44-52(3,4)5)61-51(55)43-39-36-33-30-27-24-23-25-28-31-34-37-41-48(53)40-9-7-2/h9,13-14,16-17,19-20,23-24,28,30-31,33-34,37,40,48-49,53H,6-8,10-12,15,18,21-22,25-27,29,32,35-36,38-39,41-47H2,1-5H3/b14-13-,17-16-,20-19-,24-23-,31-28-,33-30-,37-34+,40-9-/t48?,49-/m1/s1. The molecule has 0 aromatic heterocycles. The summed E-state index contributed by atoms with van der Waals surface area (Å²) in [5.74, 6) is -0.951. The number of aliphatic hydroxyl groups is 1. The molecule has 10 nitrogen and oxygen atoms in total. The molecule has 0 aliphatic rings. The highest BCUT2D eigenvalue weighted by Crippen LogP contribution is 2.38. The first-order chi connectivity index (χ1) is 29.9. The van der Waals surface area contributed by atoms with E-state index in [4.69, 9.17) is 18.5 Å². The van der Waals surface area contributed by atoms with E-state index in [0.29, 0.717) is 36.7 Å². The SMILES string of the molecule is CC/C=C\C(O)C/C=C/C=C\C/C=C\C/C=C\CCCC(=O)O[C@H](COC(=O)CCCCCCCC/C=C\C/C=C\C/C=C\CCCCCC)COP(=O)([O-])OCC[N+](C)(C)C. The molecule has 3 atom stereocenters. The lowest BCUT2D eigenvalue weighted by Crippen LogP contribution is -2.37. The number of likely N-dealkylation sites (N-methyl/N-ethyl adjacent to an activating group) is 1. The molecule has 354 valence electrons. The van der Waals surface area contributed by atoms with Crippen LogP contribution in [0.25, 0.3) is 0 Å². The molecular weight excluding hydrogens is 802 g/mol. The molecule has 0 saturated carbocycles. The Hall–Kier alpha value is -3.11. The zero-order chi connectivity index (χ0) is 45.8. The summed E-state index contributed by atoms with van der Waals surface area (Å²) in [5.41, 5.74) is 0. The van der Waals surface area contributed by atoms with Gasteiger partial charge in [0.1, 0.15) is 19.8 Å². The average Bonchev–Trinajstić information content (AvgIpc) is 3.22. The number of phosphoric acid groups is 1. The van der Waals surface area contributed by atoms with Crippen molar-refractivity contribution in [3.8, 4) is 0 Å². The Bertz CT molecular complexity index is 1390. The van der Waals surface area contributed by atoms with Crippen LogP contribution in [-0.4, -0.2) is 81.2 Å². The first-order valence-electron chi connectivity index (χ1n) is 23.6. The Balaban J connectivity index is 4.48. The van der Waals surface area contributed by atoms with Gasteiger partial charge >= 0.3 is 11.9 Å². The Morgan fingerprint density at radius 3 is 1.73 bits per heavy atom. The fraction of sp³-hybridized carbons (Fsp3) is 0.647. The molecule has 1 N–H and O–H groups in total. The molecule has 0 spiro atoms. The third kappa shape index (κ3) is 44.9. The average molecular weight is 888 g/mol. The third-order valence-electron chi connectivity index (χ3n) is 9.41. The van der Waals surface area contributed by atoms with Gasteiger partial charge in [-0.15, -0.1) is 0 Å². The van der Waals surface area contributed by atoms with Gasteiger partial charge in [0.25, 0.3) is 7.82 Å². The summed E-state index contributed by atoms with van der Waals surface area (Å²) in [4.78, 5) is 37.6. The molecule has 62 heavy (non-hydrogen) atoms. The maximum Gasteiger partial charge on any atom is 0.306 e. The van der Waals surface area contributed by atoms with Gasteiger partial charge in [-0.05, 0) is 83.5 Å². The lowest BCUT2D eigenvalue weighted by atomic mass is 10.1. The molecule has 0 aliphatic heterocycles. The number of nitrogens with zero attached hydrogens (tertiary/aromatic N) is 1. The van der Waals surface area contributed by atoms with Gasteiger partial charge in [0.2, 0.25) is 0 Å². The predicted molar refractivity (Wildman–Crippen MR) is 255 cm³/mol. The molecule has 0 bridgehead atoms. The normalized spacial score (nSPS) is 14.9. The van der Waals surface area contributed by atoms with E-state index < -0.39 is 38.6 Å². The first-order valence-corrected chi connectivity index (χ1v) is 25.0. The molecule has 0 aromatic rings. The summed E-state index contributed by atoms with van der Waals surface area (Å²) in [6, 6.07) is 0. The third-order valence-corrected chi connectivity index (χ3v) is 10.4. The minimum Gasteiger partial charge on any atom is -0.756 e. The van der Waals surface area contributed by atoms with Gasteiger partial charge < -0.3 is 33.0 Å². The second-order valence-corrected chi connectivity index (χ2v) is 18.0. The molecule has 0 amide bonds. The Morgan fingerprint density at radius 1 is 0.613 bits per heavy atom. The van der Waals surface area contributed by atoms with Gasteiger partial charge in [0.15, 0.2) is 6.10 Å². The van der Waals surface area contributed by atoms with Crippen molar-refractivity contribution in [1.82, 2.24) is 0 Å². The molecule has 0 rings (SSSR count). The zero-order valence-corrected chi connectivity index (χ0v) is 40.3. The van der Waals surface area contributed by atoms with Gasteiger partial charge in [0, 0.05) is 12.8 Å². The van der Waals surface area contributed by atoms with E-state index in [1.54, 1.807) is 0 Å². The van der Waals surface area contributed by atoms with Crippen LogP contribution >= 0.6 is 7.82 Å². The minimum atomic E-state index is -4.66. The Kier molecular flexibility index (Phi) is 39.8. The number of hydrogen-bond acceptors (Lipinski definition) is 9. The Labute approximate surface area is 377 Å². The fourth-order valence-corrected chi connectivity index (χ4v) is 6.44. The lowest BCUT2D eigenvalue weighted by Gasteiger charge is -2.28. The summed E-state index contributed by atoms with van der Waals surface area (Å²) in [5, 5.41) is 9.78. The second kappa shape index (κ2) is 41.9. The van der Waals surface area contributed by atoms with Crippen LogP contribution in [0.4, 0.5) is 0 Å². The highest BCUT2D eigenvalue weighted by Gasteiger charge is 2.21. The van der Waals surface area contributed by atoms with Gasteiger partial charge in [-0.1, -0.05) is 156 Å². The van der Waals surface area contributed by atoms with Crippen LogP contribution in [0.1, 0.15) is 155 Å². The van der Waals surface area contributed by atoms with Crippen LogP contribution in [0, 0.1) is 0 Å². The highest BCUT2D eigenvalue weighted by molar-refractivity contribution is 7.45. The van der Waals surface area contributed by atoms with Gasteiger partial charge in [-0.3, -0.25) is 14.2 Å². The number of carbonyl (C=O) groups is 2. The van der Waals surface area contributed by atoms with E-state index in [9.17, 15) is 24.2 Å². The van der Waals surface area contributed by atoms with Gasteiger partial charge in [-0.25, -0.2) is 0 Å². The van der Waals surface area contributed by atoms with E-state index in [2.05, 4.69) is 55.5 Å². The quantitative estimate of drug-likeness (QED) is 0.0159. The first kappa shape index (κ1) is 58.9. The Morgan fingerprint density at radius 2 is 1.13 bits per heavy atom. The molecule has 2 unspecified atom stereocenters. The number of hydrogen-bond donors (Lipinski definition) is 1. The van der Waals surface area contributed by atoms with E-state index in [1.807, 2.05) is 76.7 Å². The molecule has 0 aromatic carbocycles. The van der Waals surface area contributed by atoms with Crippen molar-refractivity contribution in [2.45, 2.75) is 167 Å². The minimum absolute atomic E-state index is 0.0571. The van der Waals surface area contributed by atoms with Crippen LogP contribution < -0.4 is 4.89 Å². The van der Waals surface area contributed by atoms with Crippen molar-refractivity contribution in [2.75, 3.05) is 47.5 Å². The summed E-state index contributed by atoms with van der Waals surface area (Å²) in [6.45, 7) is 3.85. The molecule has 0 heterocycles. The number of carbonyl (C=O) groups excluding carboxylic acids is 2. The summed E-state index contributed by atoms with van der Waals surface area (Å²) >= 11 is 0. The van der Waals surface area contributed by atoms with Crippen molar-refractivity contribution >= 4 is 19.8 Å². The number of aliphatic hydroxyl groups excluding tert-OH is 1. The van der Waals surface area contributed by atoms with Crippen molar-refractivity contribution < 1.29 is 47.2 Å². The number of ether oxygens (including phenoxy) is 2. The lowest BCUT2D eigenvalue weighted by molar-refractivity contribution is -0.870. The van der Waals surface area contributed by atoms with E-state index in [0.717, 1.165) is 70.6 Å². The van der Waals surface area contributed by atoms with Crippen LogP contribution in [0.3, 0.4) is 0 Å². The van der Waals surface area contributed by atoms with Crippen molar-refractivity contribution in [2.24, 2.45) is 0 Å². The molecular formula is C51H86NO9P. The van der Waals surface area contributed by atoms with Gasteiger partial charge in [-0.2, -0.15) is 0 Å². The highest BCUT2D eigenvalue weighted by atomic mass is 31.2. The summed E-state index contributed by atoms with van der Waals surface area (Å²) in [6.07, 6.45) is 52.1. The number of esters is 2. The van der Waals surface area contributed by atoms with Crippen molar-refractivity contribution in [3.05, 3.63) is 97.2 Å². The predicted octanol–water partition coefficient (Wildman–Crippen LogP) is 12.1. The number of phosphoric ester groups is 1. The largest absolute Gasteiger partial charge is 0.756 e. The smallest absolute Gasteiger partial charge is 0.306 e. The van der Waals surface area contributed by atoms with E-state index in [-0.39, 0.29) is 26.1 Å². The second-order valence-electron chi connectivity index (χ2n) is 16.6. The molecule has 0 aliphatic carbocycles. The number of unbranched alkanes of at least 4 members (excludes halogenated alkanes) is 11. The molecule has 0 saturated heterocycles. The zero-order valence-electron chi connectivity index (χ0n) is 39.4. The maximum absolute atomic E-state index is 12.7. The van der Waals surface area contributed by atoms with Gasteiger partial charge in [0.05, 0.1) is 33.9 Å². The van der Waals surface area contributed by atoms with Crippen molar-refractivity contribution in [3.63, 3.8) is 0 Å². The van der Waals surface area contributed by atoms with Crippen molar-refractivity contribution in [1.29, 1.82) is 0 Å².